The fourth-order valence-electron chi connectivity index (χ4n) is 4.03. The van der Waals surface area contributed by atoms with Gasteiger partial charge in [0.15, 0.2) is 0 Å². The summed E-state index contributed by atoms with van der Waals surface area (Å²) in [6, 6.07) is 12.2. The molecule has 5 heteroatoms. The summed E-state index contributed by atoms with van der Waals surface area (Å²) in [4.78, 5) is 15.1. The molecule has 28 heavy (non-hydrogen) atoms. The van der Waals surface area contributed by atoms with Crippen LogP contribution < -0.4 is 14.8 Å². The first-order chi connectivity index (χ1) is 13.6. The molecule has 0 spiro atoms. The lowest BCUT2D eigenvalue weighted by atomic mass is 10.0. The Labute approximate surface area is 167 Å². The number of methoxy groups -OCH3 is 2. The molecular formula is C23H30N2O3. The van der Waals surface area contributed by atoms with Gasteiger partial charge in [-0.3, -0.25) is 9.69 Å². The van der Waals surface area contributed by atoms with Crippen LogP contribution in [0, 0.1) is 6.92 Å². The molecule has 1 aliphatic heterocycles. The SMILES string of the molecule is CCc1cccc(C)c1NC(=O)CN1CCCC1c1ccc(OC)cc1OC. The fraction of sp³-hybridized carbons (Fsp3) is 0.435. The molecule has 1 N–H and O–H groups in total. The van der Waals surface area contributed by atoms with Crippen LogP contribution in [0.5, 0.6) is 11.5 Å². The average molecular weight is 383 g/mol. The third-order valence-corrected chi connectivity index (χ3v) is 5.51. The number of benzene rings is 2. The lowest BCUT2D eigenvalue weighted by Crippen LogP contribution is -2.33. The number of carbonyl (C=O) groups excluding carboxylic acids is 1. The number of amides is 1. The van der Waals surface area contributed by atoms with Crippen molar-refractivity contribution in [3.05, 3.63) is 53.1 Å². The highest BCUT2D eigenvalue weighted by molar-refractivity contribution is 5.93. The van der Waals surface area contributed by atoms with Crippen molar-refractivity contribution in [2.24, 2.45) is 0 Å². The van der Waals surface area contributed by atoms with Gasteiger partial charge >= 0.3 is 0 Å². The van der Waals surface area contributed by atoms with Gasteiger partial charge in [-0.15, -0.1) is 0 Å². The lowest BCUT2D eigenvalue weighted by Gasteiger charge is -2.26. The summed E-state index contributed by atoms with van der Waals surface area (Å²) in [7, 11) is 3.32. The summed E-state index contributed by atoms with van der Waals surface area (Å²) >= 11 is 0. The number of nitrogens with one attached hydrogen (secondary N) is 1. The number of ether oxygens (including phenoxy) is 2. The van der Waals surface area contributed by atoms with Gasteiger partial charge in [0.1, 0.15) is 11.5 Å². The van der Waals surface area contributed by atoms with Gasteiger partial charge in [0, 0.05) is 23.4 Å². The molecule has 0 saturated carbocycles. The maximum absolute atomic E-state index is 12.8. The van der Waals surface area contributed by atoms with E-state index in [0.29, 0.717) is 6.54 Å². The van der Waals surface area contributed by atoms with Crippen molar-refractivity contribution in [2.45, 2.75) is 39.2 Å². The quantitative estimate of drug-likeness (QED) is 0.773. The van der Waals surface area contributed by atoms with Crippen molar-refractivity contribution in [2.75, 3.05) is 32.6 Å². The van der Waals surface area contributed by atoms with Gasteiger partial charge in [0.2, 0.25) is 5.91 Å². The summed E-state index contributed by atoms with van der Waals surface area (Å²) < 4.78 is 10.9. The van der Waals surface area contributed by atoms with Crippen LogP contribution in [0.1, 0.15) is 42.5 Å². The van der Waals surface area contributed by atoms with E-state index in [4.69, 9.17) is 9.47 Å². The molecule has 1 heterocycles. The Morgan fingerprint density at radius 2 is 2.04 bits per heavy atom. The van der Waals surface area contributed by atoms with Gasteiger partial charge in [0.05, 0.1) is 20.8 Å². The molecule has 1 unspecified atom stereocenters. The standard InChI is InChI=1S/C23H30N2O3/c1-5-17-9-6-8-16(2)23(17)24-22(26)15-25-13-7-10-20(25)19-12-11-18(27-3)14-21(19)28-4/h6,8-9,11-12,14,20H,5,7,10,13,15H2,1-4H3,(H,24,26). The minimum absolute atomic E-state index is 0.0309. The number of aryl methyl sites for hydroxylation is 2. The number of para-hydroxylation sites is 1. The molecule has 0 aliphatic carbocycles. The highest BCUT2D eigenvalue weighted by Gasteiger charge is 2.30. The number of carbonyl (C=O) groups is 1. The van der Waals surface area contributed by atoms with Crippen LogP contribution in [0.25, 0.3) is 0 Å². The van der Waals surface area contributed by atoms with E-state index in [0.717, 1.165) is 54.1 Å². The zero-order valence-electron chi connectivity index (χ0n) is 17.2. The first-order valence-corrected chi connectivity index (χ1v) is 9.91. The molecular weight excluding hydrogens is 352 g/mol. The van der Waals surface area contributed by atoms with Gasteiger partial charge < -0.3 is 14.8 Å². The van der Waals surface area contributed by atoms with E-state index < -0.39 is 0 Å². The number of likely N-dealkylation sites (tertiary alicyclic amines) is 1. The van der Waals surface area contributed by atoms with E-state index in [-0.39, 0.29) is 11.9 Å². The van der Waals surface area contributed by atoms with Gasteiger partial charge in [-0.2, -0.15) is 0 Å². The summed E-state index contributed by atoms with van der Waals surface area (Å²) in [5.74, 6) is 1.61. The molecule has 3 rings (SSSR count). The number of hydrogen-bond donors (Lipinski definition) is 1. The van der Waals surface area contributed by atoms with Crippen molar-refractivity contribution in [3.8, 4) is 11.5 Å². The van der Waals surface area contributed by atoms with Crippen molar-refractivity contribution in [1.29, 1.82) is 0 Å². The Hall–Kier alpha value is -2.53. The third-order valence-electron chi connectivity index (χ3n) is 5.51. The number of hydrogen-bond acceptors (Lipinski definition) is 4. The number of nitrogens with zero attached hydrogens (tertiary/aromatic N) is 1. The predicted octanol–water partition coefficient (Wildman–Crippen LogP) is 4.35. The minimum Gasteiger partial charge on any atom is -0.497 e. The topological polar surface area (TPSA) is 50.8 Å². The van der Waals surface area contributed by atoms with Crippen LogP contribution in [0.3, 0.4) is 0 Å². The van der Waals surface area contributed by atoms with Crippen molar-refractivity contribution in [3.63, 3.8) is 0 Å². The summed E-state index contributed by atoms with van der Waals surface area (Å²) in [5, 5.41) is 3.14. The van der Waals surface area contributed by atoms with E-state index in [1.165, 1.54) is 5.56 Å². The molecule has 1 amide bonds. The zero-order chi connectivity index (χ0) is 20.1. The van der Waals surface area contributed by atoms with Crippen molar-refractivity contribution >= 4 is 11.6 Å². The fourth-order valence-corrected chi connectivity index (χ4v) is 4.03. The van der Waals surface area contributed by atoms with Crippen LogP contribution in [0.2, 0.25) is 0 Å². The van der Waals surface area contributed by atoms with E-state index in [2.05, 4.69) is 29.3 Å². The highest BCUT2D eigenvalue weighted by atomic mass is 16.5. The Kier molecular flexibility index (Phi) is 6.57. The molecule has 5 nitrogen and oxygen atoms in total. The van der Waals surface area contributed by atoms with Crippen LogP contribution in [-0.4, -0.2) is 38.1 Å². The zero-order valence-corrected chi connectivity index (χ0v) is 17.2. The Bertz CT molecular complexity index is 835. The first kappa shape index (κ1) is 20.2. The monoisotopic (exact) mass is 382 g/mol. The molecule has 1 saturated heterocycles. The molecule has 150 valence electrons. The second-order valence-corrected chi connectivity index (χ2v) is 7.25. The summed E-state index contributed by atoms with van der Waals surface area (Å²) in [6.07, 6.45) is 2.98. The van der Waals surface area contributed by atoms with Crippen molar-refractivity contribution < 1.29 is 14.3 Å². The molecule has 1 fully saturated rings. The molecule has 0 radical (unpaired) electrons. The second-order valence-electron chi connectivity index (χ2n) is 7.25. The average Bonchev–Trinajstić information content (AvgIpc) is 3.16. The normalized spacial score (nSPS) is 16.8. The van der Waals surface area contributed by atoms with E-state index >= 15 is 0 Å². The predicted molar refractivity (Wildman–Crippen MR) is 112 cm³/mol. The molecule has 2 aromatic rings. The van der Waals surface area contributed by atoms with Crippen LogP contribution >= 0.6 is 0 Å². The van der Waals surface area contributed by atoms with Crippen LogP contribution in [-0.2, 0) is 11.2 Å². The maximum atomic E-state index is 12.8. The number of anilines is 1. The Balaban J connectivity index is 1.75. The molecule has 1 atom stereocenters. The summed E-state index contributed by atoms with van der Waals surface area (Å²) in [6.45, 7) is 5.42. The Morgan fingerprint density at radius 3 is 2.75 bits per heavy atom. The van der Waals surface area contributed by atoms with Crippen LogP contribution in [0.4, 0.5) is 5.69 Å². The Morgan fingerprint density at radius 1 is 1.21 bits per heavy atom. The largest absolute Gasteiger partial charge is 0.497 e. The van der Waals surface area contributed by atoms with Gasteiger partial charge in [-0.25, -0.2) is 0 Å². The summed E-state index contributed by atoms with van der Waals surface area (Å²) in [5.41, 5.74) is 4.33. The number of rotatable bonds is 7. The second kappa shape index (κ2) is 9.11. The molecule has 1 aliphatic rings. The minimum atomic E-state index is 0.0309. The smallest absolute Gasteiger partial charge is 0.238 e. The van der Waals surface area contributed by atoms with Gasteiger partial charge in [0.25, 0.3) is 0 Å². The molecule has 0 aromatic heterocycles. The van der Waals surface area contributed by atoms with Gasteiger partial charge in [-0.05, 0) is 49.9 Å². The van der Waals surface area contributed by atoms with Gasteiger partial charge in [-0.1, -0.05) is 31.2 Å². The molecule has 0 bridgehead atoms. The molecule has 2 aromatic carbocycles. The lowest BCUT2D eigenvalue weighted by molar-refractivity contribution is -0.117. The first-order valence-electron chi connectivity index (χ1n) is 9.91. The van der Waals surface area contributed by atoms with Crippen molar-refractivity contribution in [1.82, 2.24) is 4.90 Å². The highest BCUT2D eigenvalue weighted by Crippen LogP contribution is 2.38. The third kappa shape index (κ3) is 4.30. The van der Waals surface area contributed by atoms with E-state index in [1.54, 1.807) is 14.2 Å². The maximum Gasteiger partial charge on any atom is 0.238 e. The van der Waals surface area contributed by atoms with E-state index in [9.17, 15) is 4.79 Å². The van der Waals surface area contributed by atoms with E-state index in [1.807, 2.05) is 31.2 Å². The van der Waals surface area contributed by atoms with Crippen LogP contribution in [0.15, 0.2) is 36.4 Å².